The fourth-order valence-electron chi connectivity index (χ4n) is 4.99. The van der Waals surface area contributed by atoms with Crippen molar-refractivity contribution in [2.45, 2.75) is 38.3 Å². The molecule has 182 valence electrons. The van der Waals surface area contributed by atoms with Crippen LogP contribution in [0.4, 0.5) is 5.69 Å². The standard InChI is InChI=1S/C26H26IN3O5/c27-18-6-1-4-15(10-18)13-28-25(33)21(14-31)29-24(32)20-12-17-11-16-5-2-8-30-9-3-7-19(22(16)30)23(17)35-26(20)34/h1,4,6,10-12,21,31H,2-3,5,7-9,13-14H2,(H,28,33)(H,29,32)/t21-/m0/s1. The zero-order valence-corrected chi connectivity index (χ0v) is 21.3. The quantitative estimate of drug-likeness (QED) is 0.302. The fraction of sp³-hybridized carbons (Fsp3) is 0.346. The van der Waals surface area contributed by atoms with Crippen molar-refractivity contribution >= 4 is 51.1 Å². The summed E-state index contributed by atoms with van der Waals surface area (Å²) in [6.07, 6.45) is 3.84. The normalized spacial score (nSPS) is 15.4. The summed E-state index contributed by atoms with van der Waals surface area (Å²) in [4.78, 5) is 40.7. The molecule has 8 nitrogen and oxygen atoms in total. The fourth-order valence-corrected chi connectivity index (χ4v) is 5.60. The van der Waals surface area contributed by atoms with E-state index in [1.165, 1.54) is 11.3 Å². The van der Waals surface area contributed by atoms with Gasteiger partial charge in [0.15, 0.2) is 0 Å². The molecule has 1 aromatic heterocycles. The second-order valence-corrected chi connectivity index (χ2v) is 10.2. The Labute approximate surface area is 215 Å². The van der Waals surface area contributed by atoms with E-state index in [1.54, 1.807) is 6.07 Å². The predicted molar refractivity (Wildman–Crippen MR) is 141 cm³/mol. The maximum atomic E-state index is 12.9. The van der Waals surface area contributed by atoms with Crippen molar-refractivity contribution < 1.29 is 19.1 Å². The molecule has 2 aliphatic heterocycles. The number of fused-ring (bicyclic) bond motifs is 2. The van der Waals surface area contributed by atoms with Crippen molar-refractivity contribution in [2.24, 2.45) is 0 Å². The molecule has 0 saturated carbocycles. The Morgan fingerprint density at radius 2 is 1.94 bits per heavy atom. The highest BCUT2D eigenvalue weighted by Gasteiger charge is 2.28. The minimum Gasteiger partial charge on any atom is -0.422 e. The maximum absolute atomic E-state index is 12.9. The summed E-state index contributed by atoms with van der Waals surface area (Å²) in [5, 5.41) is 15.6. The number of halogens is 1. The molecule has 3 N–H and O–H groups in total. The van der Waals surface area contributed by atoms with Gasteiger partial charge in [0.05, 0.1) is 6.61 Å². The van der Waals surface area contributed by atoms with Gasteiger partial charge in [0.25, 0.3) is 5.91 Å². The van der Waals surface area contributed by atoms with Crippen LogP contribution in [0.25, 0.3) is 11.0 Å². The zero-order valence-electron chi connectivity index (χ0n) is 19.1. The third kappa shape index (κ3) is 4.79. The van der Waals surface area contributed by atoms with Crippen LogP contribution >= 0.6 is 22.6 Å². The van der Waals surface area contributed by atoms with E-state index >= 15 is 0 Å². The zero-order chi connectivity index (χ0) is 24.5. The van der Waals surface area contributed by atoms with E-state index in [0.717, 1.165) is 53.5 Å². The van der Waals surface area contributed by atoms with Crippen LogP contribution in [0.15, 0.2) is 45.6 Å². The van der Waals surface area contributed by atoms with Crippen LogP contribution in [0.3, 0.4) is 0 Å². The largest absolute Gasteiger partial charge is 0.422 e. The SMILES string of the molecule is O=C(N[C@@H](CO)C(=O)NCc1cccc(I)c1)c1cc2cc3c4c(c2oc1=O)CCCN4CCC3. The summed E-state index contributed by atoms with van der Waals surface area (Å²) in [5.41, 5.74) is 3.92. The first-order chi connectivity index (χ1) is 16.9. The van der Waals surface area contributed by atoms with Gasteiger partial charge in [-0.3, -0.25) is 9.59 Å². The van der Waals surface area contributed by atoms with Gasteiger partial charge in [-0.15, -0.1) is 0 Å². The molecule has 0 fully saturated rings. The number of aryl methyl sites for hydroxylation is 2. The van der Waals surface area contributed by atoms with Gasteiger partial charge in [0, 0.05) is 39.8 Å². The Hall–Kier alpha value is -2.92. The van der Waals surface area contributed by atoms with Crippen LogP contribution in [-0.4, -0.2) is 42.7 Å². The summed E-state index contributed by atoms with van der Waals surface area (Å²) in [7, 11) is 0. The molecular formula is C26H26IN3O5. The number of aliphatic hydroxyl groups excluding tert-OH is 1. The number of hydrogen-bond donors (Lipinski definition) is 3. The number of anilines is 1. The van der Waals surface area contributed by atoms with Gasteiger partial charge < -0.3 is 25.1 Å². The highest BCUT2D eigenvalue weighted by molar-refractivity contribution is 14.1. The number of benzene rings is 2. The first-order valence-electron chi connectivity index (χ1n) is 11.8. The molecule has 2 aliphatic rings. The first kappa shape index (κ1) is 23.8. The molecule has 0 bridgehead atoms. The van der Waals surface area contributed by atoms with Crippen molar-refractivity contribution in [1.82, 2.24) is 10.6 Å². The molecule has 2 aromatic carbocycles. The van der Waals surface area contributed by atoms with Crippen LogP contribution in [-0.2, 0) is 24.2 Å². The Morgan fingerprint density at radius 3 is 2.71 bits per heavy atom. The molecule has 9 heteroatoms. The van der Waals surface area contributed by atoms with Crippen LogP contribution in [0.1, 0.15) is 39.9 Å². The lowest BCUT2D eigenvalue weighted by Gasteiger charge is -2.37. The van der Waals surface area contributed by atoms with Crippen molar-refractivity contribution in [3.05, 3.63) is 72.6 Å². The van der Waals surface area contributed by atoms with Gasteiger partial charge in [-0.05, 0) is 83.7 Å². The van der Waals surface area contributed by atoms with Gasteiger partial charge in [-0.2, -0.15) is 0 Å². The van der Waals surface area contributed by atoms with E-state index in [-0.39, 0.29) is 12.1 Å². The summed E-state index contributed by atoms with van der Waals surface area (Å²) in [5.74, 6) is -1.29. The lowest BCUT2D eigenvalue weighted by Crippen LogP contribution is -2.49. The number of nitrogens with one attached hydrogen (secondary N) is 2. The minimum absolute atomic E-state index is 0.183. The summed E-state index contributed by atoms with van der Waals surface area (Å²) < 4.78 is 6.70. The van der Waals surface area contributed by atoms with E-state index in [0.29, 0.717) is 11.0 Å². The summed E-state index contributed by atoms with van der Waals surface area (Å²) in [6.45, 7) is 1.66. The summed E-state index contributed by atoms with van der Waals surface area (Å²) >= 11 is 2.18. The van der Waals surface area contributed by atoms with Crippen molar-refractivity contribution in [2.75, 3.05) is 24.6 Å². The number of amides is 2. The maximum Gasteiger partial charge on any atom is 0.349 e. The van der Waals surface area contributed by atoms with Gasteiger partial charge in [0.2, 0.25) is 5.91 Å². The number of nitrogens with zero attached hydrogens (tertiary/aromatic N) is 1. The van der Waals surface area contributed by atoms with Crippen LogP contribution in [0.5, 0.6) is 0 Å². The lowest BCUT2D eigenvalue weighted by atomic mass is 9.90. The third-order valence-corrected chi connectivity index (χ3v) is 7.29. The van der Waals surface area contributed by atoms with E-state index in [1.807, 2.05) is 30.3 Å². The highest BCUT2D eigenvalue weighted by Crippen LogP contribution is 2.39. The summed E-state index contributed by atoms with van der Waals surface area (Å²) in [6, 6.07) is 9.98. The smallest absolute Gasteiger partial charge is 0.349 e. The van der Waals surface area contributed by atoms with Gasteiger partial charge in [-0.1, -0.05) is 12.1 Å². The van der Waals surface area contributed by atoms with Crippen molar-refractivity contribution in [3.63, 3.8) is 0 Å². The molecule has 2 amide bonds. The average molecular weight is 587 g/mol. The van der Waals surface area contributed by atoms with Gasteiger partial charge in [0.1, 0.15) is 17.2 Å². The predicted octanol–water partition coefficient (Wildman–Crippen LogP) is 2.50. The van der Waals surface area contributed by atoms with Gasteiger partial charge >= 0.3 is 5.63 Å². The highest BCUT2D eigenvalue weighted by atomic mass is 127. The van der Waals surface area contributed by atoms with Gasteiger partial charge in [-0.25, -0.2) is 4.79 Å². The minimum atomic E-state index is -1.20. The Bertz CT molecular complexity index is 1370. The van der Waals surface area contributed by atoms with Crippen molar-refractivity contribution in [1.29, 1.82) is 0 Å². The Balaban J connectivity index is 1.37. The van der Waals surface area contributed by atoms with Crippen LogP contribution < -0.4 is 21.2 Å². The molecule has 0 unspecified atom stereocenters. The molecule has 0 saturated heterocycles. The first-order valence-corrected chi connectivity index (χ1v) is 12.8. The van der Waals surface area contributed by atoms with E-state index in [4.69, 9.17) is 4.42 Å². The molecule has 3 aromatic rings. The Kier molecular flexibility index (Phi) is 6.79. The number of aliphatic hydroxyl groups is 1. The molecular weight excluding hydrogens is 561 g/mol. The number of hydrogen-bond acceptors (Lipinski definition) is 6. The Morgan fingerprint density at radius 1 is 1.14 bits per heavy atom. The second-order valence-electron chi connectivity index (χ2n) is 8.98. The molecule has 0 aliphatic carbocycles. The van der Waals surface area contributed by atoms with Crippen LogP contribution in [0, 0.1) is 3.57 Å². The second kappa shape index (κ2) is 9.98. The molecule has 1 atom stereocenters. The number of carbonyl (C=O) groups is 2. The topological polar surface area (TPSA) is 112 Å². The molecule has 35 heavy (non-hydrogen) atoms. The molecule has 0 radical (unpaired) electrons. The monoisotopic (exact) mass is 587 g/mol. The van der Waals surface area contributed by atoms with Crippen LogP contribution in [0.2, 0.25) is 0 Å². The molecule has 0 spiro atoms. The third-order valence-electron chi connectivity index (χ3n) is 6.62. The average Bonchev–Trinajstić information content (AvgIpc) is 2.86. The number of rotatable bonds is 6. The lowest BCUT2D eigenvalue weighted by molar-refractivity contribution is -0.124. The van der Waals surface area contributed by atoms with E-state index in [2.05, 4.69) is 38.1 Å². The van der Waals surface area contributed by atoms with E-state index < -0.39 is 30.1 Å². The van der Waals surface area contributed by atoms with Crippen molar-refractivity contribution in [3.8, 4) is 0 Å². The molecule has 3 heterocycles. The van der Waals surface area contributed by atoms with E-state index in [9.17, 15) is 19.5 Å². The molecule has 5 rings (SSSR count). The number of carbonyl (C=O) groups excluding carboxylic acids is 2.